The average molecular weight is 412 g/mol. The van der Waals surface area contributed by atoms with Crippen molar-refractivity contribution in [1.82, 2.24) is 4.90 Å². The molecule has 154 valence electrons. The molecule has 1 heterocycles. The molecule has 2 N–H and O–H groups in total. The maximum absolute atomic E-state index is 12.7. The summed E-state index contributed by atoms with van der Waals surface area (Å²) in [6.07, 6.45) is -1.14. The zero-order chi connectivity index (χ0) is 21.1. The molecule has 0 atom stereocenters. The number of para-hydroxylation sites is 2. The average Bonchev–Trinajstić information content (AvgIpc) is 2.58. The monoisotopic (exact) mass is 412 g/mol. The summed E-state index contributed by atoms with van der Waals surface area (Å²) in [5.74, 6) is -1.94. The highest BCUT2D eigenvalue weighted by atomic mass is 32.2. The Hall–Kier alpha value is -2.75. The van der Waals surface area contributed by atoms with Crippen LogP contribution in [0, 0.1) is 0 Å². The number of benzene rings is 1. The van der Waals surface area contributed by atoms with Gasteiger partial charge in [0.15, 0.2) is 4.91 Å². The Bertz CT molecular complexity index is 901. The van der Waals surface area contributed by atoms with Gasteiger partial charge in [0.05, 0.1) is 12.8 Å². The molecule has 0 aliphatic carbocycles. The molecule has 0 spiro atoms. The molecule has 28 heavy (non-hydrogen) atoms. The van der Waals surface area contributed by atoms with Gasteiger partial charge in [0.25, 0.3) is 5.91 Å². The second-order valence-corrected chi connectivity index (χ2v) is 9.03. The van der Waals surface area contributed by atoms with E-state index < -0.39 is 44.0 Å². The quantitative estimate of drug-likeness (QED) is 0.756. The molecule has 0 unspecified atom stereocenters. The number of hydrogen-bond acceptors (Lipinski definition) is 8. The molecule has 1 aromatic carbocycles. The van der Waals surface area contributed by atoms with Crippen LogP contribution >= 0.6 is 0 Å². The lowest BCUT2D eigenvalue weighted by molar-refractivity contribution is -0.126. The number of sulfone groups is 1. The van der Waals surface area contributed by atoms with Gasteiger partial charge in [-0.3, -0.25) is 4.79 Å². The summed E-state index contributed by atoms with van der Waals surface area (Å²) < 4.78 is 35.7. The Morgan fingerprint density at radius 2 is 1.93 bits per heavy atom. The topological polar surface area (TPSA) is 122 Å². The number of aliphatic hydroxyl groups is 1. The van der Waals surface area contributed by atoms with Gasteiger partial charge in [0.2, 0.25) is 9.84 Å². The molecule has 1 aliphatic rings. The first-order valence-electron chi connectivity index (χ1n) is 8.53. The van der Waals surface area contributed by atoms with E-state index in [1.54, 1.807) is 45.0 Å². The van der Waals surface area contributed by atoms with E-state index in [2.05, 4.69) is 5.32 Å². The molecule has 1 aromatic rings. The summed E-state index contributed by atoms with van der Waals surface area (Å²) in [5, 5.41) is 12.7. The first kappa shape index (κ1) is 21.5. The van der Waals surface area contributed by atoms with Gasteiger partial charge in [-0.15, -0.1) is 0 Å². The Morgan fingerprint density at radius 3 is 2.54 bits per heavy atom. The van der Waals surface area contributed by atoms with Crippen molar-refractivity contribution in [2.75, 3.05) is 24.8 Å². The maximum Gasteiger partial charge on any atom is 0.417 e. The van der Waals surface area contributed by atoms with E-state index in [0.29, 0.717) is 16.3 Å². The van der Waals surface area contributed by atoms with E-state index in [1.165, 1.54) is 7.11 Å². The number of carbonyl (C=O) groups excluding carboxylic acids is 2. The van der Waals surface area contributed by atoms with Gasteiger partial charge in [-0.1, -0.05) is 12.1 Å². The highest BCUT2D eigenvalue weighted by Crippen LogP contribution is 2.27. The molecular weight excluding hydrogens is 388 g/mol. The first-order chi connectivity index (χ1) is 13.0. The number of anilines is 1. The van der Waals surface area contributed by atoms with E-state index in [0.717, 1.165) is 0 Å². The summed E-state index contributed by atoms with van der Waals surface area (Å²) in [7, 11) is -2.81. The van der Waals surface area contributed by atoms with Gasteiger partial charge >= 0.3 is 6.09 Å². The second kappa shape index (κ2) is 8.09. The highest BCUT2D eigenvalue weighted by Gasteiger charge is 2.40. The number of nitrogens with zero attached hydrogens (tertiary/aromatic N) is 1. The van der Waals surface area contributed by atoms with E-state index in [-0.39, 0.29) is 13.0 Å². The van der Waals surface area contributed by atoms with Crippen LogP contribution in [-0.2, 0) is 19.4 Å². The van der Waals surface area contributed by atoms with Crippen molar-refractivity contribution in [3.8, 4) is 5.75 Å². The summed E-state index contributed by atoms with van der Waals surface area (Å²) in [5.41, 5.74) is -0.452. The lowest BCUT2D eigenvalue weighted by Crippen LogP contribution is -2.46. The van der Waals surface area contributed by atoms with Gasteiger partial charge in [-0.05, 0) is 32.9 Å². The third kappa shape index (κ3) is 4.94. The number of amides is 2. The molecule has 2 amide bonds. The summed E-state index contributed by atoms with van der Waals surface area (Å²) >= 11 is 0. The zero-order valence-electron chi connectivity index (χ0n) is 16.2. The van der Waals surface area contributed by atoms with Crippen LogP contribution in [0.3, 0.4) is 0 Å². The Morgan fingerprint density at radius 1 is 1.29 bits per heavy atom. The van der Waals surface area contributed by atoms with Gasteiger partial charge in [-0.2, -0.15) is 0 Å². The van der Waals surface area contributed by atoms with Crippen LogP contribution in [0.25, 0.3) is 0 Å². The minimum Gasteiger partial charge on any atom is -0.511 e. The molecule has 0 saturated carbocycles. The smallest absolute Gasteiger partial charge is 0.417 e. The maximum atomic E-state index is 12.7. The molecule has 0 aromatic heterocycles. The van der Waals surface area contributed by atoms with Crippen molar-refractivity contribution in [3.05, 3.63) is 34.9 Å². The van der Waals surface area contributed by atoms with Crippen LogP contribution in [0.5, 0.6) is 5.75 Å². The summed E-state index contributed by atoms with van der Waals surface area (Å²) in [4.78, 5) is 24.7. The van der Waals surface area contributed by atoms with E-state index >= 15 is 0 Å². The molecule has 0 fully saturated rings. The van der Waals surface area contributed by atoms with Crippen molar-refractivity contribution in [2.24, 2.45) is 0 Å². The molecule has 0 radical (unpaired) electrons. The van der Waals surface area contributed by atoms with Crippen molar-refractivity contribution in [3.63, 3.8) is 0 Å². The van der Waals surface area contributed by atoms with Crippen molar-refractivity contribution in [2.45, 2.75) is 32.8 Å². The predicted molar refractivity (Wildman–Crippen MR) is 103 cm³/mol. The van der Waals surface area contributed by atoms with Gasteiger partial charge in [0, 0.05) is 13.0 Å². The fraction of sp³-hybridized carbons (Fsp3) is 0.444. The number of hydrogen-bond donors (Lipinski definition) is 2. The largest absolute Gasteiger partial charge is 0.511 e. The molecule has 1 aliphatic heterocycles. The van der Waals surface area contributed by atoms with Crippen molar-refractivity contribution in [1.29, 1.82) is 0 Å². The van der Waals surface area contributed by atoms with Crippen LogP contribution in [0.15, 0.2) is 34.9 Å². The summed E-state index contributed by atoms with van der Waals surface area (Å²) in [6.45, 7) is 4.71. The van der Waals surface area contributed by atoms with Crippen molar-refractivity contribution >= 4 is 27.5 Å². The number of ether oxygens (including phenoxy) is 2. The summed E-state index contributed by atoms with van der Waals surface area (Å²) in [6, 6.07) is 6.65. The number of methoxy groups -OCH3 is 1. The van der Waals surface area contributed by atoms with Crippen LogP contribution in [0.1, 0.15) is 27.2 Å². The Kier molecular flexibility index (Phi) is 6.23. The van der Waals surface area contributed by atoms with Crippen LogP contribution in [0.2, 0.25) is 0 Å². The molecule has 0 saturated heterocycles. The SMILES string of the molecule is COc1ccccc1NCS(=O)(=O)C1=C(O)CCN(C(=O)OC(C)(C)C)C1=O. The number of rotatable bonds is 5. The van der Waals surface area contributed by atoms with Crippen LogP contribution < -0.4 is 10.1 Å². The minimum atomic E-state index is -4.25. The van der Waals surface area contributed by atoms with Crippen molar-refractivity contribution < 1.29 is 32.6 Å². The zero-order valence-corrected chi connectivity index (χ0v) is 17.0. The molecule has 9 nitrogen and oxygen atoms in total. The van der Waals surface area contributed by atoms with Crippen LogP contribution in [-0.4, -0.2) is 55.6 Å². The second-order valence-electron chi connectivity index (χ2n) is 7.10. The van der Waals surface area contributed by atoms with E-state index in [4.69, 9.17) is 9.47 Å². The van der Waals surface area contributed by atoms with E-state index in [9.17, 15) is 23.1 Å². The predicted octanol–water partition coefficient (Wildman–Crippen LogP) is 2.42. The lowest BCUT2D eigenvalue weighted by atomic mass is 10.2. The minimum absolute atomic E-state index is 0.168. The number of imide groups is 1. The number of aliphatic hydroxyl groups excluding tert-OH is 1. The normalized spacial score (nSPS) is 15.4. The third-order valence-corrected chi connectivity index (χ3v) is 5.31. The fourth-order valence-electron chi connectivity index (χ4n) is 2.52. The van der Waals surface area contributed by atoms with Gasteiger partial charge in [-0.25, -0.2) is 18.1 Å². The molecule has 0 bridgehead atoms. The fourth-order valence-corrected chi connectivity index (χ4v) is 3.85. The first-order valence-corrected chi connectivity index (χ1v) is 10.2. The molecule has 10 heteroatoms. The lowest BCUT2D eigenvalue weighted by Gasteiger charge is -2.29. The molecular formula is C18H24N2O7S. The van der Waals surface area contributed by atoms with Crippen LogP contribution in [0.4, 0.5) is 10.5 Å². The Labute approximate surface area is 163 Å². The standard InChI is InChI=1S/C18H24N2O7S/c1-18(2,3)27-17(23)20-10-9-13(21)15(16(20)22)28(24,25)11-19-12-7-5-6-8-14(12)26-4/h5-8,19,21H,9-11H2,1-4H3. The van der Waals surface area contributed by atoms with Gasteiger partial charge in [0.1, 0.15) is 23.0 Å². The molecule has 2 rings (SSSR count). The van der Waals surface area contributed by atoms with Gasteiger partial charge < -0.3 is 19.9 Å². The van der Waals surface area contributed by atoms with E-state index in [1.807, 2.05) is 0 Å². The highest BCUT2D eigenvalue weighted by molar-refractivity contribution is 7.96. The Balaban J connectivity index is 2.23. The third-order valence-electron chi connectivity index (χ3n) is 3.76. The number of carbonyl (C=O) groups is 2. The number of nitrogens with one attached hydrogen (secondary N) is 1.